The summed E-state index contributed by atoms with van der Waals surface area (Å²) in [6, 6.07) is 0.125. The number of carbonyl (C=O) groups is 1. The molecule has 142 valence electrons. The molecule has 3 N–H and O–H groups in total. The molecule has 0 radical (unpaired) electrons. The highest BCUT2D eigenvalue weighted by Gasteiger charge is 2.20. The van der Waals surface area contributed by atoms with Gasteiger partial charge in [0.25, 0.3) is 0 Å². The lowest BCUT2D eigenvalue weighted by Crippen LogP contribution is -3.12. The van der Waals surface area contributed by atoms with E-state index in [9.17, 15) is 4.79 Å². The predicted molar refractivity (Wildman–Crippen MR) is 104 cm³/mol. The van der Waals surface area contributed by atoms with Crippen molar-refractivity contribution in [3.05, 3.63) is 16.3 Å². The van der Waals surface area contributed by atoms with Gasteiger partial charge in [0.05, 0.1) is 25.1 Å². The quantitative estimate of drug-likeness (QED) is 0.688. The van der Waals surface area contributed by atoms with Crippen LogP contribution in [-0.4, -0.2) is 54.8 Å². The van der Waals surface area contributed by atoms with E-state index < -0.39 is 0 Å². The molecule has 0 aromatic carbocycles. The first-order valence-electron chi connectivity index (χ1n) is 9.15. The topological polar surface area (TPSA) is 80.6 Å². The molecule has 0 atom stereocenters. The molecule has 1 fully saturated rings. The highest BCUT2D eigenvalue weighted by molar-refractivity contribution is 7.18. The Morgan fingerprint density at radius 2 is 2.00 bits per heavy atom. The van der Waals surface area contributed by atoms with E-state index in [1.165, 1.54) is 15.3 Å². The van der Waals surface area contributed by atoms with Crippen LogP contribution >= 0.6 is 11.3 Å². The largest absolute Gasteiger partial charge is 0.370 e. The molecule has 7 nitrogen and oxygen atoms in total. The summed E-state index contributed by atoms with van der Waals surface area (Å²) in [5.74, 6) is 1.55. The lowest BCUT2D eigenvalue weighted by molar-refractivity contribution is -0.922. The van der Waals surface area contributed by atoms with Gasteiger partial charge in [0.1, 0.15) is 30.3 Å². The smallest absolute Gasteiger partial charge is 0.239 e. The highest BCUT2D eigenvalue weighted by atomic mass is 32.1. The zero-order valence-electron chi connectivity index (χ0n) is 15.9. The Bertz CT molecular complexity index is 783. The number of amides is 1. The van der Waals surface area contributed by atoms with Crippen LogP contribution in [0.25, 0.3) is 10.2 Å². The van der Waals surface area contributed by atoms with Crippen molar-refractivity contribution in [2.24, 2.45) is 0 Å². The van der Waals surface area contributed by atoms with Crippen LogP contribution in [0.1, 0.15) is 30.1 Å². The number of fused-ring (bicyclic) bond motifs is 1. The van der Waals surface area contributed by atoms with Crippen LogP contribution in [0.5, 0.6) is 0 Å². The number of quaternary nitrogens is 1. The number of thiophene rings is 1. The molecule has 0 bridgehead atoms. The minimum absolute atomic E-state index is 0.0308. The zero-order valence-corrected chi connectivity index (χ0v) is 16.8. The average Bonchev–Trinajstić information content (AvgIpc) is 2.87. The summed E-state index contributed by atoms with van der Waals surface area (Å²) in [7, 11) is 0. The Kier molecular flexibility index (Phi) is 6.05. The van der Waals surface area contributed by atoms with Gasteiger partial charge < -0.3 is 20.3 Å². The minimum Gasteiger partial charge on any atom is -0.370 e. The van der Waals surface area contributed by atoms with Gasteiger partial charge in [0.2, 0.25) is 5.91 Å². The van der Waals surface area contributed by atoms with Gasteiger partial charge in [-0.3, -0.25) is 4.79 Å². The number of anilines is 1. The molecule has 1 saturated heterocycles. The van der Waals surface area contributed by atoms with E-state index in [-0.39, 0.29) is 18.5 Å². The second kappa shape index (κ2) is 8.28. The van der Waals surface area contributed by atoms with Crippen LogP contribution in [-0.2, 0) is 16.1 Å². The van der Waals surface area contributed by atoms with E-state index in [2.05, 4.69) is 24.5 Å². The molecule has 3 heterocycles. The maximum absolute atomic E-state index is 12.0. The summed E-state index contributed by atoms with van der Waals surface area (Å²) in [5, 5.41) is 7.17. The number of hydrogen-bond acceptors (Lipinski definition) is 6. The Labute approximate surface area is 158 Å². The molecule has 1 aliphatic rings. The number of rotatable bonds is 6. The standard InChI is InChI=1S/C18H27N5O2S/c1-11(2)20-15(24)9-19-17-16-12(3)13(4)26-18(16)22-14(21-17)10-23-5-7-25-8-6-23/h11H,5-10H2,1-4H3,(H,20,24)(H,19,21,22)/p+1. The van der Waals surface area contributed by atoms with Crippen LogP contribution in [0.3, 0.4) is 0 Å². The van der Waals surface area contributed by atoms with E-state index in [0.29, 0.717) is 0 Å². The minimum atomic E-state index is -0.0308. The molecule has 26 heavy (non-hydrogen) atoms. The van der Waals surface area contributed by atoms with Crippen LogP contribution < -0.4 is 15.5 Å². The zero-order chi connectivity index (χ0) is 18.7. The Morgan fingerprint density at radius 1 is 1.27 bits per heavy atom. The third kappa shape index (κ3) is 4.49. The maximum Gasteiger partial charge on any atom is 0.239 e. The fourth-order valence-electron chi connectivity index (χ4n) is 3.10. The number of hydrogen-bond donors (Lipinski definition) is 3. The number of aryl methyl sites for hydroxylation is 2. The first-order chi connectivity index (χ1) is 12.4. The van der Waals surface area contributed by atoms with Crippen molar-refractivity contribution in [3.63, 3.8) is 0 Å². The van der Waals surface area contributed by atoms with Gasteiger partial charge in [-0.2, -0.15) is 0 Å². The second-order valence-electron chi connectivity index (χ2n) is 7.07. The molecule has 1 aliphatic heterocycles. The Hall–Kier alpha value is -1.77. The second-order valence-corrected chi connectivity index (χ2v) is 8.27. The molecule has 2 aromatic rings. The number of ether oxygens (including phenoxy) is 1. The van der Waals surface area contributed by atoms with E-state index >= 15 is 0 Å². The molecule has 0 saturated carbocycles. The maximum atomic E-state index is 12.0. The number of nitrogens with zero attached hydrogens (tertiary/aromatic N) is 2. The lowest BCUT2D eigenvalue weighted by Gasteiger charge is -2.23. The van der Waals surface area contributed by atoms with Crippen molar-refractivity contribution < 1.29 is 14.4 Å². The van der Waals surface area contributed by atoms with E-state index in [1.54, 1.807) is 11.3 Å². The third-order valence-corrected chi connectivity index (χ3v) is 5.65. The van der Waals surface area contributed by atoms with Crippen molar-refractivity contribution >= 4 is 33.3 Å². The van der Waals surface area contributed by atoms with Crippen LogP contribution in [0.15, 0.2) is 0 Å². The fraction of sp³-hybridized carbons (Fsp3) is 0.611. The Morgan fingerprint density at radius 3 is 2.69 bits per heavy atom. The molecule has 0 spiro atoms. The van der Waals surface area contributed by atoms with E-state index in [1.807, 2.05) is 13.8 Å². The molecule has 0 aliphatic carbocycles. The normalized spacial score (nSPS) is 15.6. The van der Waals surface area contributed by atoms with Crippen molar-refractivity contribution in [1.29, 1.82) is 0 Å². The summed E-state index contributed by atoms with van der Waals surface area (Å²) in [6.07, 6.45) is 0. The van der Waals surface area contributed by atoms with Gasteiger partial charge in [0, 0.05) is 10.9 Å². The van der Waals surface area contributed by atoms with Gasteiger partial charge in [-0.15, -0.1) is 11.3 Å². The number of nitrogens with one attached hydrogen (secondary N) is 3. The van der Waals surface area contributed by atoms with Crippen molar-refractivity contribution in [1.82, 2.24) is 15.3 Å². The van der Waals surface area contributed by atoms with Crippen molar-refractivity contribution in [2.45, 2.75) is 40.3 Å². The summed E-state index contributed by atoms with van der Waals surface area (Å²) < 4.78 is 5.43. The molecular formula is C18H28N5O2S+. The lowest BCUT2D eigenvalue weighted by atomic mass is 10.2. The van der Waals surface area contributed by atoms with Crippen LogP contribution in [0.4, 0.5) is 5.82 Å². The molecule has 0 unspecified atom stereocenters. The summed E-state index contributed by atoms with van der Waals surface area (Å²) in [5.41, 5.74) is 1.18. The summed E-state index contributed by atoms with van der Waals surface area (Å²) in [6.45, 7) is 12.6. The predicted octanol–water partition coefficient (Wildman–Crippen LogP) is 0.660. The first-order valence-corrected chi connectivity index (χ1v) is 9.97. The van der Waals surface area contributed by atoms with E-state index in [4.69, 9.17) is 14.7 Å². The SMILES string of the molecule is Cc1sc2nc(C[NH+]3CCOCC3)nc(NCC(=O)NC(C)C)c2c1C. The van der Waals surface area contributed by atoms with Crippen LogP contribution in [0.2, 0.25) is 0 Å². The molecule has 8 heteroatoms. The summed E-state index contributed by atoms with van der Waals surface area (Å²) >= 11 is 1.69. The molecule has 3 rings (SSSR count). The number of aromatic nitrogens is 2. The Balaban J connectivity index is 1.84. The molecular weight excluding hydrogens is 350 g/mol. The first kappa shape index (κ1) is 19.0. The fourth-order valence-corrected chi connectivity index (χ4v) is 4.15. The summed E-state index contributed by atoms with van der Waals surface area (Å²) in [4.78, 5) is 25.2. The van der Waals surface area contributed by atoms with Crippen LogP contribution in [0, 0.1) is 13.8 Å². The van der Waals surface area contributed by atoms with Gasteiger partial charge >= 0.3 is 0 Å². The third-order valence-electron chi connectivity index (χ3n) is 4.55. The van der Waals surface area contributed by atoms with Crippen molar-refractivity contribution in [3.8, 4) is 0 Å². The van der Waals surface area contributed by atoms with Gasteiger partial charge in [-0.05, 0) is 33.3 Å². The van der Waals surface area contributed by atoms with Gasteiger partial charge in [-0.1, -0.05) is 0 Å². The number of morpholine rings is 1. The van der Waals surface area contributed by atoms with Gasteiger partial charge in [0.15, 0.2) is 5.82 Å². The monoisotopic (exact) mass is 378 g/mol. The number of carbonyl (C=O) groups excluding carboxylic acids is 1. The average molecular weight is 379 g/mol. The van der Waals surface area contributed by atoms with Crippen molar-refractivity contribution in [2.75, 3.05) is 38.2 Å². The molecule has 1 amide bonds. The highest BCUT2D eigenvalue weighted by Crippen LogP contribution is 2.33. The van der Waals surface area contributed by atoms with E-state index in [0.717, 1.165) is 54.7 Å². The van der Waals surface area contributed by atoms with Gasteiger partial charge in [-0.25, -0.2) is 9.97 Å². The molecule has 2 aromatic heterocycles.